The fourth-order valence-corrected chi connectivity index (χ4v) is 4.60. The van der Waals surface area contributed by atoms with Gasteiger partial charge in [-0.15, -0.1) is 0 Å². The van der Waals surface area contributed by atoms with Gasteiger partial charge in [0.2, 0.25) is 12.2 Å². The van der Waals surface area contributed by atoms with E-state index in [0.717, 1.165) is 32.4 Å². The summed E-state index contributed by atoms with van der Waals surface area (Å²) in [4.78, 5) is 33.3. The summed E-state index contributed by atoms with van der Waals surface area (Å²) in [6.45, 7) is 1.61. The molecule has 2 aromatic rings. The predicted octanol–water partition coefficient (Wildman–Crippen LogP) is 1.69. The Labute approximate surface area is 191 Å². The summed E-state index contributed by atoms with van der Waals surface area (Å²) in [7, 11) is 1.65. The zero-order valence-corrected chi connectivity index (χ0v) is 18.4. The van der Waals surface area contributed by atoms with Crippen LogP contribution in [0.2, 0.25) is 0 Å². The largest absolute Gasteiger partial charge is 0.391 e. The number of ketones is 1. The number of hydrogen-bond donors (Lipinski definition) is 3. The molecule has 1 aliphatic carbocycles. The number of piperidine rings is 1. The third-order valence-electron chi connectivity index (χ3n) is 6.36. The van der Waals surface area contributed by atoms with Gasteiger partial charge in [0.15, 0.2) is 5.78 Å². The monoisotopic (exact) mass is 456 g/mol. The van der Waals surface area contributed by atoms with E-state index in [-0.39, 0.29) is 29.4 Å². The quantitative estimate of drug-likeness (QED) is 0.276. The lowest BCUT2D eigenvalue weighted by molar-refractivity contribution is -0.188. The molecule has 0 radical (unpaired) electrons. The van der Waals surface area contributed by atoms with Crippen molar-refractivity contribution in [3.63, 3.8) is 0 Å². The molecule has 4 rings (SSSR count). The summed E-state index contributed by atoms with van der Waals surface area (Å²) >= 11 is 0. The van der Waals surface area contributed by atoms with E-state index in [2.05, 4.69) is 32.9 Å². The summed E-state index contributed by atoms with van der Waals surface area (Å²) in [6.07, 6.45) is 5.81. The lowest BCUT2D eigenvalue weighted by Gasteiger charge is -2.41. The van der Waals surface area contributed by atoms with E-state index in [0.29, 0.717) is 12.1 Å². The van der Waals surface area contributed by atoms with Crippen molar-refractivity contribution in [1.29, 1.82) is 0 Å². The van der Waals surface area contributed by atoms with Gasteiger partial charge in [0.05, 0.1) is 11.8 Å². The standard InChI is InChI=1S/C22H26N2O3.C2H2O4/c1-23-18(7-4-8-21(23)26)22(27)15-9-11-24(12-10-15)19-13-16-5-2-3-6-17(16)14-20(19)25;3-5-1-2-6-4/h2-8,15,19-20,25H,9-14H2,1H3;3-4H. The minimum atomic E-state index is -0.359. The van der Waals surface area contributed by atoms with Crippen LogP contribution < -0.4 is 5.56 Å². The minimum Gasteiger partial charge on any atom is -0.391 e. The lowest BCUT2D eigenvalue weighted by Crippen LogP contribution is -2.51. The molecule has 33 heavy (non-hydrogen) atoms. The summed E-state index contributed by atoms with van der Waals surface area (Å²) < 4.78 is 1.44. The number of benzene rings is 1. The number of carbonyl (C=O) groups excluding carboxylic acids is 1. The maximum absolute atomic E-state index is 12.9. The second-order valence-corrected chi connectivity index (χ2v) is 8.18. The third kappa shape index (κ3) is 6.00. The highest BCUT2D eigenvalue weighted by Gasteiger charge is 2.35. The molecule has 2 aliphatic rings. The smallest absolute Gasteiger partial charge is 0.250 e. The molecule has 1 aromatic carbocycles. The van der Waals surface area contributed by atoms with E-state index in [1.54, 1.807) is 19.2 Å². The number of aliphatic hydroxyl groups is 1. The first-order chi connectivity index (χ1) is 16.0. The van der Waals surface area contributed by atoms with Crippen molar-refractivity contribution in [2.45, 2.75) is 37.8 Å². The predicted molar refractivity (Wildman–Crippen MR) is 119 cm³/mol. The van der Waals surface area contributed by atoms with E-state index >= 15 is 0 Å². The van der Waals surface area contributed by atoms with Crippen LogP contribution in [0.25, 0.3) is 0 Å². The van der Waals surface area contributed by atoms with Crippen LogP contribution >= 0.6 is 0 Å². The molecule has 2 atom stereocenters. The highest BCUT2D eigenvalue weighted by atomic mass is 17.1. The molecular formula is C24H28N2O7. The number of rotatable bonds is 3. The van der Waals surface area contributed by atoms with Crippen molar-refractivity contribution in [1.82, 2.24) is 9.47 Å². The van der Waals surface area contributed by atoms with E-state index in [1.807, 2.05) is 6.07 Å². The number of fused-ring (bicyclic) bond motifs is 1. The van der Waals surface area contributed by atoms with Crippen LogP contribution in [-0.2, 0) is 29.7 Å². The Hall–Kier alpha value is -3.16. The highest BCUT2D eigenvalue weighted by molar-refractivity contribution is 5.96. The molecular weight excluding hydrogens is 428 g/mol. The Morgan fingerprint density at radius 2 is 1.58 bits per heavy atom. The summed E-state index contributed by atoms with van der Waals surface area (Å²) in [5.74, 6) is 0.00616. The fraction of sp³-hybridized carbons (Fsp3) is 0.417. The molecule has 176 valence electrons. The fourth-order valence-electron chi connectivity index (χ4n) is 4.60. The Morgan fingerprint density at radius 1 is 0.970 bits per heavy atom. The van der Waals surface area contributed by atoms with Crippen LogP contribution in [0.1, 0.15) is 34.5 Å². The van der Waals surface area contributed by atoms with E-state index < -0.39 is 0 Å². The number of likely N-dealkylation sites (tertiary alicyclic amines) is 1. The Kier molecular flexibility index (Phi) is 8.63. The minimum absolute atomic E-state index is 0.0535. The van der Waals surface area contributed by atoms with Gasteiger partial charge in [-0.3, -0.25) is 24.3 Å². The molecule has 3 N–H and O–H groups in total. The summed E-state index contributed by atoms with van der Waals surface area (Å²) in [5, 5.41) is 25.3. The molecule has 0 saturated carbocycles. The molecule has 9 nitrogen and oxygen atoms in total. The van der Waals surface area contributed by atoms with E-state index in [1.165, 1.54) is 34.0 Å². The summed E-state index contributed by atoms with van der Waals surface area (Å²) in [5.41, 5.74) is 2.91. The topological polar surface area (TPSA) is 121 Å². The molecule has 1 aromatic heterocycles. The van der Waals surface area contributed by atoms with Crippen molar-refractivity contribution in [3.05, 3.63) is 69.6 Å². The van der Waals surface area contributed by atoms with E-state index in [9.17, 15) is 14.7 Å². The Balaban J connectivity index is 0.000000454. The van der Waals surface area contributed by atoms with Gasteiger partial charge in [0.1, 0.15) is 0 Å². The second kappa shape index (κ2) is 11.6. The van der Waals surface area contributed by atoms with Crippen LogP contribution in [0.5, 0.6) is 0 Å². The van der Waals surface area contributed by atoms with Gasteiger partial charge < -0.3 is 9.67 Å². The third-order valence-corrected chi connectivity index (χ3v) is 6.36. The van der Waals surface area contributed by atoms with Crippen LogP contribution in [0.3, 0.4) is 0 Å². The van der Waals surface area contributed by atoms with Gasteiger partial charge in [-0.25, -0.2) is 0 Å². The lowest BCUT2D eigenvalue weighted by atomic mass is 9.83. The second-order valence-electron chi connectivity index (χ2n) is 8.18. The molecule has 1 fully saturated rings. The Morgan fingerprint density at radius 3 is 2.18 bits per heavy atom. The first kappa shape index (κ1) is 24.5. The molecule has 1 aliphatic heterocycles. The zero-order chi connectivity index (χ0) is 23.8. The molecule has 2 unspecified atom stereocenters. The number of aromatic nitrogens is 1. The van der Waals surface area contributed by atoms with Crippen molar-refractivity contribution in [2.24, 2.45) is 13.0 Å². The molecule has 2 heterocycles. The number of hydrogen-bond acceptors (Lipinski definition) is 8. The molecule has 9 heteroatoms. The van der Waals surface area contributed by atoms with Crippen LogP contribution in [0.15, 0.2) is 47.3 Å². The van der Waals surface area contributed by atoms with Crippen molar-refractivity contribution in [3.8, 4) is 12.2 Å². The van der Waals surface area contributed by atoms with E-state index in [4.69, 9.17) is 10.5 Å². The maximum Gasteiger partial charge on any atom is 0.250 e. The molecule has 0 amide bonds. The van der Waals surface area contributed by atoms with Crippen molar-refractivity contribution < 1.29 is 30.2 Å². The van der Waals surface area contributed by atoms with Crippen LogP contribution in [-0.4, -0.2) is 56.1 Å². The van der Waals surface area contributed by atoms with Crippen LogP contribution in [0.4, 0.5) is 0 Å². The average Bonchev–Trinajstić information content (AvgIpc) is 2.84. The maximum atomic E-state index is 12.9. The number of pyridine rings is 1. The SMILES string of the molecule is Cn1c(C(=O)C2CCN(C3Cc4ccccc4CC3O)CC2)cccc1=O.OOC#COO. The summed E-state index contributed by atoms with van der Waals surface area (Å²) in [6, 6.07) is 13.3. The average molecular weight is 456 g/mol. The molecule has 0 spiro atoms. The normalized spacial score (nSPS) is 20.4. The number of aliphatic hydroxyl groups excluding tert-OH is 1. The molecule has 0 bridgehead atoms. The van der Waals surface area contributed by atoms with Gasteiger partial charge in [-0.2, -0.15) is 10.5 Å². The number of carbonyl (C=O) groups is 1. The Bertz CT molecular complexity index is 1060. The van der Waals surface area contributed by atoms with Gasteiger partial charge in [-0.05, 0) is 49.5 Å². The first-order valence-electron chi connectivity index (χ1n) is 10.8. The van der Waals surface area contributed by atoms with Gasteiger partial charge in [0.25, 0.3) is 5.56 Å². The van der Waals surface area contributed by atoms with Crippen molar-refractivity contribution >= 4 is 5.78 Å². The highest BCUT2D eigenvalue weighted by Crippen LogP contribution is 2.29. The number of nitrogens with zero attached hydrogens (tertiary/aromatic N) is 2. The van der Waals surface area contributed by atoms with Crippen LogP contribution in [0, 0.1) is 18.1 Å². The van der Waals surface area contributed by atoms with Gasteiger partial charge in [0, 0.05) is 31.5 Å². The van der Waals surface area contributed by atoms with Crippen molar-refractivity contribution in [2.75, 3.05) is 13.1 Å². The molecule has 1 saturated heterocycles. The number of Topliss-reactive ketones (excluding diaryl/α,β-unsaturated/α-hetero) is 1. The van der Waals surface area contributed by atoms with Gasteiger partial charge >= 0.3 is 0 Å². The first-order valence-corrected chi connectivity index (χ1v) is 10.8. The van der Waals surface area contributed by atoms with Gasteiger partial charge in [-0.1, -0.05) is 30.3 Å². The zero-order valence-electron chi connectivity index (χ0n) is 18.4.